The van der Waals surface area contributed by atoms with Crippen LogP contribution in [-0.4, -0.2) is 5.11 Å². The van der Waals surface area contributed by atoms with E-state index in [1.807, 2.05) is 6.92 Å². The van der Waals surface area contributed by atoms with Crippen molar-refractivity contribution in [3.63, 3.8) is 0 Å². The van der Waals surface area contributed by atoms with Crippen LogP contribution in [0.2, 0.25) is 0 Å². The van der Waals surface area contributed by atoms with E-state index in [1.54, 1.807) is 12.1 Å². The second-order valence-corrected chi connectivity index (χ2v) is 6.32. The Bertz CT molecular complexity index is 592. The lowest BCUT2D eigenvalue weighted by molar-refractivity contribution is -0.139. The van der Waals surface area contributed by atoms with Gasteiger partial charge in [0.05, 0.1) is 5.56 Å². The van der Waals surface area contributed by atoms with Gasteiger partial charge in [-0.3, -0.25) is 0 Å². The van der Waals surface area contributed by atoms with Gasteiger partial charge >= 0.3 is 6.18 Å². The van der Waals surface area contributed by atoms with Gasteiger partial charge in [0.2, 0.25) is 0 Å². The fourth-order valence-electron chi connectivity index (χ4n) is 1.77. The molecule has 1 N–H and O–H groups in total. The molecule has 6 heteroatoms. The zero-order chi connectivity index (χ0) is 14.2. The van der Waals surface area contributed by atoms with E-state index in [4.69, 9.17) is 0 Å². The summed E-state index contributed by atoms with van der Waals surface area (Å²) >= 11 is 4.30. The van der Waals surface area contributed by atoms with Crippen LogP contribution in [0.5, 0.6) is 0 Å². The van der Waals surface area contributed by atoms with Crippen LogP contribution in [0.1, 0.15) is 27.0 Å². The number of aliphatic hydroxyl groups excluding tert-OH is 1. The molecule has 0 amide bonds. The standard InChI is InChI=1S/C13H10BrF3OS/c1-7-2-5-11(19-7)12(18)9-4-3-8(14)6-10(9)13(15,16)17/h2-6,12,18H,1H3. The average Bonchev–Trinajstić information content (AvgIpc) is 2.74. The average molecular weight is 351 g/mol. The molecule has 0 aliphatic carbocycles. The van der Waals surface area contributed by atoms with Crippen molar-refractivity contribution in [3.8, 4) is 0 Å². The quantitative estimate of drug-likeness (QED) is 0.814. The van der Waals surface area contributed by atoms with Gasteiger partial charge in [-0.15, -0.1) is 11.3 Å². The van der Waals surface area contributed by atoms with Crippen LogP contribution >= 0.6 is 27.3 Å². The van der Waals surface area contributed by atoms with Crippen LogP contribution in [0, 0.1) is 6.92 Å². The van der Waals surface area contributed by atoms with Crippen molar-refractivity contribution in [1.29, 1.82) is 0 Å². The Morgan fingerprint density at radius 3 is 2.42 bits per heavy atom. The van der Waals surface area contributed by atoms with Crippen LogP contribution in [0.4, 0.5) is 13.2 Å². The summed E-state index contributed by atoms with van der Waals surface area (Å²) in [4.78, 5) is 1.45. The van der Waals surface area contributed by atoms with Gasteiger partial charge in [-0.2, -0.15) is 13.2 Å². The Morgan fingerprint density at radius 1 is 1.21 bits per heavy atom. The number of halogens is 4. The van der Waals surface area contributed by atoms with Gasteiger partial charge in [0.1, 0.15) is 6.10 Å². The van der Waals surface area contributed by atoms with Crippen LogP contribution < -0.4 is 0 Å². The lowest BCUT2D eigenvalue weighted by Gasteiger charge is -2.17. The normalized spacial score (nSPS) is 13.6. The third kappa shape index (κ3) is 3.19. The monoisotopic (exact) mass is 350 g/mol. The van der Waals surface area contributed by atoms with Gasteiger partial charge in [0.25, 0.3) is 0 Å². The van der Waals surface area contributed by atoms with Gasteiger partial charge in [-0.05, 0) is 36.8 Å². The molecule has 0 aliphatic heterocycles. The molecule has 1 heterocycles. The molecule has 1 atom stereocenters. The number of aliphatic hydroxyl groups is 1. The molecule has 0 saturated heterocycles. The van der Waals surface area contributed by atoms with E-state index in [0.717, 1.165) is 10.9 Å². The second kappa shape index (κ2) is 5.26. The minimum atomic E-state index is -4.49. The highest BCUT2D eigenvalue weighted by Crippen LogP contribution is 2.39. The van der Waals surface area contributed by atoms with Gasteiger partial charge in [-0.25, -0.2) is 0 Å². The molecule has 2 aromatic rings. The molecule has 0 saturated carbocycles. The highest BCUT2D eigenvalue weighted by Gasteiger charge is 2.35. The van der Waals surface area contributed by atoms with Crippen LogP contribution in [0.15, 0.2) is 34.8 Å². The molecule has 1 aromatic heterocycles. The molecule has 0 fully saturated rings. The van der Waals surface area contributed by atoms with Crippen LogP contribution in [0.3, 0.4) is 0 Å². The molecule has 2 rings (SSSR count). The second-order valence-electron chi connectivity index (χ2n) is 4.08. The summed E-state index contributed by atoms with van der Waals surface area (Å²) in [5.41, 5.74) is -0.946. The molecule has 1 unspecified atom stereocenters. The van der Waals surface area contributed by atoms with E-state index in [9.17, 15) is 18.3 Å². The third-order valence-electron chi connectivity index (χ3n) is 2.65. The molecule has 1 aromatic carbocycles. The molecule has 0 bridgehead atoms. The van der Waals surface area contributed by atoms with Crippen molar-refractivity contribution in [2.45, 2.75) is 19.2 Å². The van der Waals surface area contributed by atoms with E-state index < -0.39 is 17.8 Å². The number of benzene rings is 1. The first kappa shape index (κ1) is 14.6. The first-order valence-electron chi connectivity index (χ1n) is 5.40. The number of hydrogen-bond acceptors (Lipinski definition) is 2. The van der Waals surface area contributed by atoms with E-state index >= 15 is 0 Å². The van der Waals surface area contributed by atoms with Crippen molar-refractivity contribution in [1.82, 2.24) is 0 Å². The number of hydrogen-bond donors (Lipinski definition) is 1. The maximum absolute atomic E-state index is 13.0. The van der Waals surface area contributed by atoms with E-state index in [2.05, 4.69) is 15.9 Å². The third-order valence-corrected chi connectivity index (χ3v) is 4.19. The summed E-state index contributed by atoms with van der Waals surface area (Å²) < 4.78 is 39.3. The predicted molar refractivity (Wildman–Crippen MR) is 72.3 cm³/mol. The zero-order valence-corrected chi connectivity index (χ0v) is 12.2. The minimum absolute atomic E-state index is 0.127. The highest BCUT2D eigenvalue weighted by molar-refractivity contribution is 9.10. The molecule has 0 radical (unpaired) electrons. The molecular weight excluding hydrogens is 341 g/mol. The van der Waals surface area contributed by atoms with Gasteiger partial charge < -0.3 is 5.11 Å². The highest BCUT2D eigenvalue weighted by atomic mass is 79.9. The molecule has 0 aliphatic rings. The zero-order valence-electron chi connectivity index (χ0n) is 9.83. The molecule has 102 valence electrons. The smallest absolute Gasteiger partial charge is 0.383 e. The van der Waals surface area contributed by atoms with Gasteiger partial charge in [-0.1, -0.05) is 22.0 Å². The first-order valence-corrected chi connectivity index (χ1v) is 7.01. The first-order chi connectivity index (χ1) is 8.79. The fourth-order valence-corrected chi connectivity index (χ4v) is 3.01. The predicted octanol–water partition coefficient (Wildman–Crippen LogP) is 4.92. The molecule has 19 heavy (non-hydrogen) atoms. The lowest BCUT2D eigenvalue weighted by Crippen LogP contribution is -2.12. The van der Waals surface area contributed by atoms with E-state index in [-0.39, 0.29) is 5.56 Å². The SMILES string of the molecule is Cc1ccc(C(O)c2ccc(Br)cc2C(F)(F)F)s1. The Morgan fingerprint density at radius 2 is 1.89 bits per heavy atom. The van der Waals surface area contributed by atoms with Crippen molar-refractivity contribution < 1.29 is 18.3 Å². The number of alkyl halides is 3. The summed E-state index contributed by atoms with van der Waals surface area (Å²) in [7, 11) is 0. The number of thiophene rings is 1. The van der Waals surface area contributed by atoms with Crippen molar-refractivity contribution in [2.75, 3.05) is 0 Å². The number of aryl methyl sites for hydroxylation is 1. The van der Waals surface area contributed by atoms with E-state index in [1.165, 1.54) is 23.5 Å². The fraction of sp³-hybridized carbons (Fsp3) is 0.231. The summed E-state index contributed by atoms with van der Waals surface area (Å²) in [6, 6.07) is 7.20. The van der Waals surface area contributed by atoms with Crippen LogP contribution in [0.25, 0.3) is 0 Å². The topological polar surface area (TPSA) is 20.2 Å². The minimum Gasteiger partial charge on any atom is -0.383 e. The van der Waals surface area contributed by atoms with Crippen LogP contribution in [-0.2, 0) is 6.18 Å². The Labute approximate surface area is 120 Å². The maximum atomic E-state index is 13.0. The van der Waals surface area contributed by atoms with Crippen molar-refractivity contribution >= 4 is 27.3 Å². The number of rotatable bonds is 2. The van der Waals surface area contributed by atoms with Gasteiger partial charge in [0, 0.05) is 14.2 Å². The van der Waals surface area contributed by atoms with Gasteiger partial charge in [0.15, 0.2) is 0 Å². The Balaban J connectivity index is 2.50. The van der Waals surface area contributed by atoms with Crippen molar-refractivity contribution in [3.05, 3.63) is 55.7 Å². The maximum Gasteiger partial charge on any atom is 0.416 e. The molecule has 0 spiro atoms. The van der Waals surface area contributed by atoms with Crippen molar-refractivity contribution in [2.24, 2.45) is 0 Å². The lowest BCUT2D eigenvalue weighted by atomic mass is 10.0. The van der Waals surface area contributed by atoms with E-state index in [0.29, 0.717) is 9.35 Å². The summed E-state index contributed by atoms with van der Waals surface area (Å²) in [5.74, 6) is 0. The summed E-state index contributed by atoms with van der Waals surface area (Å²) in [6.07, 6.45) is -5.75. The molecular formula is C13H10BrF3OS. The largest absolute Gasteiger partial charge is 0.416 e. The summed E-state index contributed by atoms with van der Waals surface area (Å²) in [5, 5.41) is 10.1. The summed E-state index contributed by atoms with van der Waals surface area (Å²) in [6.45, 7) is 1.84. The molecule has 1 nitrogen and oxygen atoms in total. The Hall–Kier alpha value is -0.850. The Kier molecular flexibility index (Phi) is 4.03.